The zero-order valence-electron chi connectivity index (χ0n) is 25.9. The number of benzene rings is 2. The van der Waals surface area contributed by atoms with Gasteiger partial charge in [-0.25, -0.2) is 14.2 Å². The molecule has 3 rings (SSSR count). The Bertz CT molecular complexity index is 1530. The Balaban J connectivity index is 1.78. The quantitative estimate of drug-likeness (QED) is 0.151. The predicted octanol–water partition coefficient (Wildman–Crippen LogP) is 5.83. The first kappa shape index (κ1) is 34.8. The van der Waals surface area contributed by atoms with Gasteiger partial charge in [0.1, 0.15) is 11.9 Å². The van der Waals surface area contributed by atoms with Crippen molar-refractivity contribution in [1.82, 2.24) is 14.9 Å². The Morgan fingerprint density at radius 2 is 1.93 bits per heavy atom. The van der Waals surface area contributed by atoms with Gasteiger partial charge in [-0.05, 0) is 43.7 Å². The van der Waals surface area contributed by atoms with E-state index in [4.69, 9.17) is 16.3 Å². The number of aromatic nitrogens is 2. The fourth-order valence-electron chi connectivity index (χ4n) is 4.68. The van der Waals surface area contributed by atoms with E-state index in [0.29, 0.717) is 46.3 Å². The van der Waals surface area contributed by atoms with Gasteiger partial charge in [0.2, 0.25) is 11.8 Å². The zero-order chi connectivity index (χ0) is 33.1. The Morgan fingerprint density at radius 3 is 2.60 bits per heavy atom. The minimum absolute atomic E-state index is 0.0794. The number of unbranched alkanes of at least 4 members (excludes halogenated alkanes) is 1. The number of amides is 3. The van der Waals surface area contributed by atoms with E-state index < -0.39 is 18.0 Å². The second kappa shape index (κ2) is 16.4. The lowest BCUT2D eigenvalue weighted by molar-refractivity contribution is -0.135. The van der Waals surface area contributed by atoms with E-state index in [1.165, 1.54) is 18.1 Å². The maximum absolute atomic E-state index is 14.9. The molecule has 1 heterocycles. The Morgan fingerprint density at radius 1 is 1.18 bits per heavy atom. The van der Waals surface area contributed by atoms with Crippen molar-refractivity contribution in [1.29, 1.82) is 0 Å². The highest BCUT2D eigenvalue weighted by Crippen LogP contribution is 2.35. The minimum atomic E-state index is -0.987. The van der Waals surface area contributed by atoms with E-state index in [1.807, 2.05) is 6.92 Å². The molecule has 0 radical (unpaired) electrons. The number of anilines is 3. The molecule has 0 bridgehead atoms. The molecular formula is C31H38ClFN6O6. The van der Waals surface area contributed by atoms with Gasteiger partial charge < -0.3 is 30.0 Å². The molecule has 0 aliphatic carbocycles. The van der Waals surface area contributed by atoms with E-state index in [-0.39, 0.29) is 48.3 Å². The summed E-state index contributed by atoms with van der Waals surface area (Å²) in [6, 6.07) is 7.96. The predicted molar refractivity (Wildman–Crippen MR) is 170 cm³/mol. The van der Waals surface area contributed by atoms with Crippen LogP contribution in [-0.4, -0.2) is 67.0 Å². The number of ether oxygens (including phenoxy) is 2. The van der Waals surface area contributed by atoms with Crippen LogP contribution in [0.4, 0.5) is 26.2 Å². The smallest absolute Gasteiger partial charge is 0.411 e. The molecular weight excluding hydrogens is 607 g/mol. The van der Waals surface area contributed by atoms with Gasteiger partial charge in [0, 0.05) is 56.1 Å². The summed E-state index contributed by atoms with van der Waals surface area (Å²) >= 11 is 5.97. The fourth-order valence-corrected chi connectivity index (χ4v) is 4.84. The van der Waals surface area contributed by atoms with Crippen molar-refractivity contribution in [2.24, 2.45) is 0 Å². The SMILES string of the molecule is CCCCC(=O)Nc1cc(NC(=O)OC)ccc1-c1nc(CC(=O)N(C)CCC(OC=O)c2c(NC)ccc(Cl)c2F)[nH]c1C. The van der Waals surface area contributed by atoms with Gasteiger partial charge in [0.25, 0.3) is 6.47 Å². The van der Waals surface area contributed by atoms with E-state index >= 15 is 0 Å². The normalized spacial score (nSPS) is 11.4. The molecule has 2 aromatic carbocycles. The summed E-state index contributed by atoms with van der Waals surface area (Å²) in [5, 5.41) is 8.24. The molecule has 45 heavy (non-hydrogen) atoms. The molecule has 1 unspecified atom stereocenters. The lowest BCUT2D eigenvalue weighted by Crippen LogP contribution is -2.30. The highest BCUT2D eigenvalue weighted by atomic mass is 35.5. The van der Waals surface area contributed by atoms with Crippen LogP contribution in [0.15, 0.2) is 30.3 Å². The number of carbonyl (C=O) groups excluding carboxylic acids is 4. The summed E-state index contributed by atoms with van der Waals surface area (Å²) in [4.78, 5) is 57.9. The van der Waals surface area contributed by atoms with Gasteiger partial charge in [-0.1, -0.05) is 24.9 Å². The molecule has 242 valence electrons. The number of hydrogen-bond donors (Lipinski definition) is 4. The largest absolute Gasteiger partial charge is 0.459 e. The highest BCUT2D eigenvalue weighted by molar-refractivity contribution is 6.30. The third-order valence-corrected chi connectivity index (χ3v) is 7.38. The van der Waals surface area contributed by atoms with Gasteiger partial charge >= 0.3 is 6.09 Å². The Labute approximate surface area is 266 Å². The third-order valence-electron chi connectivity index (χ3n) is 7.09. The maximum Gasteiger partial charge on any atom is 0.411 e. The molecule has 0 saturated carbocycles. The van der Waals surface area contributed by atoms with Crippen molar-refractivity contribution in [3.8, 4) is 11.3 Å². The van der Waals surface area contributed by atoms with Crippen LogP contribution in [0, 0.1) is 12.7 Å². The summed E-state index contributed by atoms with van der Waals surface area (Å²) in [5.41, 5.74) is 3.12. The highest BCUT2D eigenvalue weighted by Gasteiger charge is 2.25. The van der Waals surface area contributed by atoms with Gasteiger partial charge in [-0.15, -0.1) is 0 Å². The van der Waals surface area contributed by atoms with Crippen molar-refractivity contribution < 1.29 is 33.0 Å². The standard InChI is InChI=1S/C31H38ClFN6O6/c1-6-7-8-26(41)37-23-15-19(36-31(43)44-5)9-10-20(23)30-18(2)35-25(38-30)16-27(42)39(4)14-13-24(45-17-40)28-22(34-3)12-11-21(32)29(28)33/h9-12,15,17,24,34H,6-8,13-14,16H2,1-5H3,(H,35,38)(H,36,43)(H,37,41). The van der Waals surface area contributed by atoms with Crippen LogP contribution >= 0.6 is 11.6 Å². The van der Waals surface area contributed by atoms with E-state index in [9.17, 15) is 23.6 Å². The molecule has 3 aromatic rings. The van der Waals surface area contributed by atoms with Gasteiger partial charge in [-0.2, -0.15) is 0 Å². The second-order valence-corrected chi connectivity index (χ2v) is 10.7. The van der Waals surface area contributed by atoms with Crippen LogP contribution in [0.3, 0.4) is 0 Å². The lowest BCUT2D eigenvalue weighted by atomic mass is 10.0. The Hall–Kier alpha value is -4.65. The number of aryl methyl sites for hydroxylation is 1. The van der Waals surface area contributed by atoms with Crippen LogP contribution < -0.4 is 16.0 Å². The van der Waals surface area contributed by atoms with E-state index in [1.54, 1.807) is 45.3 Å². The number of nitrogens with one attached hydrogen (secondary N) is 4. The zero-order valence-corrected chi connectivity index (χ0v) is 26.6. The topological polar surface area (TPSA) is 155 Å². The number of likely N-dealkylation sites (N-methyl/N-ethyl adjacent to an activating group) is 1. The molecule has 3 amide bonds. The third kappa shape index (κ3) is 9.17. The number of aromatic amines is 1. The molecule has 1 aromatic heterocycles. The van der Waals surface area contributed by atoms with Crippen molar-refractivity contribution in [3.63, 3.8) is 0 Å². The number of carbonyl (C=O) groups is 4. The number of halogens is 2. The number of hydrogen-bond acceptors (Lipinski definition) is 8. The average molecular weight is 645 g/mol. The van der Waals surface area contributed by atoms with Crippen LogP contribution in [0.5, 0.6) is 0 Å². The van der Waals surface area contributed by atoms with Crippen LogP contribution in [0.2, 0.25) is 5.02 Å². The maximum atomic E-state index is 14.9. The monoisotopic (exact) mass is 644 g/mol. The van der Waals surface area contributed by atoms with Gasteiger partial charge in [0.05, 0.1) is 35.5 Å². The first-order valence-electron chi connectivity index (χ1n) is 14.4. The van der Waals surface area contributed by atoms with Crippen LogP contribution in [0.25, 0.3) is 11.3 Å². The number of H-pyrrole nitrogens is 1. The lowest BCUT2D eigenvalue weighted by Gasteiger charge is -2.23. The van der Waals surface area contributed by atoms with E-state index in [0.717, 1.165) is 12.8 Å². The van der Waals surface area contributed by atoms with Crippen molar-refractivity contribution in [3.05, 3.63) is 58.3 Å². The fraction of sp³-hybridized carbons (Fsp3) is 0.387. The Kier molecular flexibility index (Phi) is 12.7. The molecule has 0 fully saturated rings. The summed E-state index contributed by atoms with van der Waals surface area (Å²) in [5.74, 6) is -0.794. The number of nitrogens with zero attached hydrogens (tertiary/aromatic N) is 2. The summed E-state index contributed by atoms with van der Waals surface area (Å²) < 4.78 is 24.8. The molecule has 0 aliphatic heterocycles. The summed E-state index contributed by atoms with van der Waals surface area (Å²) in [7, 11) is 4.44. The number of rotatable bonds is 15. The van der Waals surface area contributed by atoms with Crippen LogP contribution in [0.1, 0.15) is 55.8 Å². The molecule has 14 heteroatoms. The summed E-state index contributed by atoms with van der Waals surface area (Å²) in [6.07, 6.45) is 0.292. The minimum Gasteiger partial charge on any atom is -0.459 e. The molecule has 4 N–H and O–H groups in total. The first-order valence-corrected chi connectivity index (χ1v) is 14.7. The molecule has 0 aliphatic rings. The molecule has 0 spiro atoms. The van der Waals surface area contributed by atoms with Crippen LogP contribution in [-0.2, 0) is 30.3 Å². The second-order valence-electron chi connectivity index (χ2n) is 10.3. The number of imidazole rings is 1. The summed E-state index contributed by atoms with van der Waals surface area (Å²) in [6.45, 7) is 4.16. The van der Waals surface area contributed by atoms with Crippen molar-refractivity contribution >= 4 is 53.0 Å². The molecule has 0 saturated heterocycles. The van der Waals surface area contributed by atoms with Crippen molar-refractivity contribution in [2.45, 2.75) is 52.1 Å². The van der Waals surface area contributed by atoms with Gasteiger partial charge in [0.15, 0.2) is 5.82 Å². The van der Waals surface area contributed by atoms with Crippen molar-refractivity contribution in [2.75, 3.05) is 43.7 Å². The van der Waals surface area contributed by atoms with Gasteiger partial charge in [-0.3, -0.25) is 19.7 Å². The number of methoxy groups -OCH3 is 1. The average Bonchev–Trinajstić information content (AvgIpc) is 3.38. The molecule has 12 nitrogen and oxygen atoms in total. The van der Waals surface area contributed by atoms with E-state index in [2.05, 4.69) is 30.7 Å². The first-order chi connectivity index (χ1) is 21.5. The molecule has 1 atom stereocenters.